The van der Waals surface area contributed by atoms with Crippen molar-refractivity contribution in [3.8, 4) is 0 Å². The van der Waals surface area contributed by atoms with Crippen LogP contribution in [0.5, 0.6) is 0 Å². The fourth-order valence-corrected chi connectivity index (χ4v) is 2.10. The number of imide groups is 1. The van der Waals surface area contributed by atoms with Crippen LogP contribution in [0.3, 0.4) is 0 Å². The first-order valence-corrected chi connectivity index (χ1v) is 5.10. The molecule has 1 aliphatic rings. The Morgan fingerprint density at radius 3 is 2.54 bits per heavy atom. The Morgan fingerprint density at radius 2 is 2.15 bits per heavy atom. The summed E-state index contributed by atoms with van der Waals surface area (Å²) in [6, 6.07) is 0. The molecule has 74 valence electrons. The van der Waals surface area contributed by atoms with Gasteiger partial charge in [-0.1, -0.05) is 13.8 Å². The van der Waals surface area contributed by atoms with Crippen LogP contribution in [0, 0.1) is 5.92 Å². The van der Waals surface area contributed by atoms with Gasteiger partial charge in [-0.25, -0.2) is 0 Å². The van der Waals surface area contributed by atoms with E-state index in [9.17, 15) is 9.59 Å². The molecule has 0 aromatic rings. The van der Waals surface area contributed by atoms with E-state index in [0.29, 0.717) is 5.92 Å². The van der Waals surface area contributed by atoms with Crippen molar-refractivity contribution in [3.05, 3.63) is 0 Å². The Kier molecular flexibility index (Phi) is 3.33. The minimum Gasteiger partial charge on any atom is -0.286 e. The first-order chi connectivity index (χ1) is 6.00. The molecule has 0 saturated carbocycles. The Hall–Kier alpha value is -0.550. The molecule has 1 heterocycles. The average Bonchev–Trinajstić information content (AvgIpc) is 2.28. The molecule has 0 bridgehead atoms. The summed E-state index contributed by atoms with van der Waals surface area (Å²) < 4.78 is 0. The number of nitrogens with zero attached hydrogens (tertiary/aromatic N) is 1. The first kappa shape index (κ1) is 10.5. The van der Waals surface area contributed by atoms with Gasteiger partial charge in [-0.15, -0.1) is 0 Å². The van der Waals surface area contributed by atoms with E-state index in [1.165, 1.54) is 0 Å². The number of likely N-dealkylation sites (N-methyl/N-ethyl adjacent to an activating group) is 1. The topological polar surface area (TPSA) is 49.4 Å². The molecular formula is C8H14N2O2S. The van der Waals surface area contributed by atoms with Gasteiger partial charge in [0.2, 0.25) is 0 Å². The van der Waals surface area contributed by atoms with E-state index in [0.717, 1.165) is 18.3 Å². The highest BCUT2D eigenvalue weighted by Gasteiger charge is 2.34. The van der Waals surface area contributed by atoms with Crippen LogP contribution in [0.15, 0.2) is 0 Å². The minimum absolute atomic E-state index is 0.196. The van der Waals surface area contributed by atoms with Crippen LogP contribution in [0.25, 0.3) is 0 Å². The molecule has 4 nitrogen and oxygen atoms in total. The van der Waals surface area contributed by atoms with Crippen LogP contribution in [-0.2, 0) is 4.79 Å². The summed E-state index contributed by atoms with van der Waals surface area (Å²) in [5.74, 6) is 0.298. The fourth-order valence-electron chi connectivity index (χ4n) is 1.31. The second-order valence-corrected chi connectivity index (χ2v) is 4.63. The van der Waals surface area contributed by atoms with E-state index in [-0.39, 0.29) is 16.5 Å². The van der Waals surface area contributed by atoms with E-state index in [1.807, 2.05) is 11.9 Å². The molecule has 1 unspecified atom stereocenters. The molecule has 1 fully saturated rings. The molecule has 0 spiro atoms. The summed E-state index contributed by atoms with van der Waals surface area (Å²) >= 11 is 1.05. The summed E-state index contributed by atoms with van der Waals surface area (Å²) in [5.41, 5.74) is 0. The normalized spacial score (nSPS) is 23.0. The van der Waals surface area contributed by atoms with E-state index in [2.05, 4.69) is 19.2 Å². The van der Waals surface area contributed by atoms with E-state index in [4.69, 9.17) is 0 Å². The van der Waals surface area contributed by atoms with E-state index >= 15 is 0 Å². The lowest BCUT2D eigenvalue weighted by Gasteiger charge is -2.22. The summed E-state index contributed by atoms with van der Waals surface area (Å²) in [5, 5.41) is 1.68. The number of carbonyl (C=O) groups is 2. The highest BCUT2D eigenvalue weighted by atomic mass is 32.2. The molecule has 5 heteroatoms. The van der Waals surface area contributed by atoms with Crippen molar-refractivity contribution in [2.45, 2.75) is 19.2 Å². The van der Waals surface area contributed by atoms with Gasteiger partial charge in [0.05, 0.1) is 0 Å². The van der Waals surface area contributed by atoms with Crippen molar-refractivity contribution in [2.75, 3.05) is 13.6 Å². The maximum atomic E-state index is 11.2. The number of nitrogens with one attached hydrogen (secondary N) is 1. The molecular weight excluding hydrogens is 188 g/mol. The quantitative estimate of drug-likeness (QED) is 0.738. The molecule has 0 aromatic carbocycles. The maximum absolute atomic E-state index is 11.2. The lowest BCUT2D eigenvalue weighted by Crippen LogP contribution is -2.38. The van der Waals surface area contributed by atoms with Gasteiger partial charge in [0.25, 0.3) is 11.1 Å². The number of rotatable bonds is 3. The molecule has 0 radical (unpaired) electrons. The zero-order chi connectivity index (χ0) is 10.0. The highest BCUT2D eigenvalue weighted by Crippen LogP contribution is 2.21. The second kappa shape index (κ2) is 4.11. The maximum Gasteiger partial charge on any atom is 0.287 e. The summed E-state index contributed by atoms with van der Waals surface area (Å²) in [6.45, 7) is 4.98. The van der Waals surface area contributed by atoms with Gasteiger partial charge in [-0.3, -0.25) is 19.8 Å². The number of amides is 2. The first-order valence-electron chi connectivity index (χ1n) is 4.22. The average molecular weight is 202 g/mol. The lowest BCUT2D eigenvalue weighted by atomic mass is 10.2. The van der Waals surface area contributed by atoms with Gasteiger partial charge in [-0.2, -0.15) is 0 Å². The molecule has 1 rings (SSSR count). The smallest absolute Gasteiger partial charge is 0.286 e. The summed E-state index contributed by atoms with van der Waals surface area (Å²) in [4.78, 5) is 24.0. The van der Waals surface area contributed by atoms with Gasteiger partial charge >= 0.3 is 0 Å². The zero-order valence-corrected chi connectivity index (χ0v) is 8.85. The molecule has 0 aliphatic carbocycles. The number of hydrogen-bond donors (Lipinski definition) is 1. The predicted molar refractivity (Wildman–Crippen MR) is 52.4 cm³/mol. The summed E-state index contributed by atoms with van der Waals surface area (Å²) in [6.07, 6.45) is 0. The Balaban J connectivity index is 2.52. The minimum atomic E-state index is -0.338. The van der Waals surface area contributed by atoms with Crippen LogP contribution in [0.2, 0.25) is 0 Å². The number of carbonyl (C=O) groups excluding carboxylic acids is 2. The fraction of sp³-hybridized carbons (Fsp3) is 0.750. The van der Waals surface area contributed by atoms with E-state index < -0.39 is 0 Å². The third kappa shape index (κ3) is 2.70. The largest absolute Gasteiger partial charge is 0.287 e. The molecule has 13 heavy (non-hydrogen) atoms. The van der Waals surface area contributed by atoms with Gasteiger partial charge in [-0.05, 0) is 24.7 Å². The van der Waals surface area contributed by atoms with Crippen molar-refractivity contribution in [1.29, 1.82) is 0 Å². The van der Waals surface area contributed by atoms with E-state index in [1.54, 1.807) is 0 Å². The third-order valence-electron chi connectivity index (χ3n) is 1.72. The number of thioether (sulfide) groups is 1. The zero-order valence-electron chi connectivity index (χ0n) is 8.03. The second-order valence-electron chi connectivity index (χ2n) is 3.58. The third-order valence-corrected chi connectivity index (χ3v) is 2.84. The summed E-state index contributed by atoms with van der Waals surface area (Å²) in [7, 11) is 1.86. The standard InChI is InChI=1S/C8H14N2O2S/c1-5(2)4-10(3)7-6(11)9-8(12)13-7/h5,7H,4H2,1-3H3,(H,9,11,12). The predicted octanol–water partition coefficient (Wildman–Crippen LogP) is 0.883. The van der Waals surface area contributed by atoms with Crippen LogP contribution >= 0.6 is 11.8 Å². The SMILES string of the molecule is CC(C)CN(C)C1SC(=O)NC1=O. The van der Waals surface area contributed by atoms with Crippen molar-refractivity contribution in [2.24, 2.45) is 5.92 Å². The molecule has 1 atom stereocenters. The monoisotopic (exact) mass is 202 g/mol. The van der Waals surface area contributed by atoms with Gasteiger partial charge < -0.3 is 0 Å². The van der Waals surface area contributed by atoms with Crippen LogP contribution in [0.1, 0.15) is 13.8 Å². The Morgan fingerprint density at radius 1 is 1.54 bits per heavy atom. The van der Waals surface area contributed by atoms with Crippen LogP contribution < -0.4 is 5.32 Å². The molecule has 0 aromatic heterocycles. The van der Waals surface area contributed by atoms with Crippen LogP contribution in [-0.4, -0.2) is 35.0 Å². The Bertz CT molecular complexity index is 230. The molecule has 1 N–H and O–H groups in total. The molecule has 1 saturated heterocycles. The number of hydrogen-bond acceptors (Lipinski definition) is 4. The highest BCUT2D eigenvalue weighted by molar-refractivity contribution is 8.15. The van der Waals surface area contributed by atoms with Crippen molar-refractivity contribution in [1.82, 2.24) is 10.2 Å². The molecule has 2 amide bonds. The van der Waals surface area contributed by atoms with Gasteiger partial charge in [0, 0.05) is 6.54 Å². The van der Waals surface area contributed by atoms with Crippen LogP contribution in [0.4, 0.5) is 4.79 Å². The van der Waals surface area contributed by atoms with Gasteiger partial charge in [0.15, 0.2) is 0 Å². The lowest BCUT2D eigenvalue weighted by molar-refractivity contribution is -0.121. The Labute approximate surface area is 82.0 Å². The van der Waals surface area contributed by atoms with Gasteiger partial charge in [0.1, 0.15) is 5.37 Å². The van der Waals surface area contributed by atoms with Crippen molar-refractivity contribution >= 4 is 22.9 Å². The molecule has 1 aliphatic heterocycles. The van der Waals surface area contributed by atoms with Crippen molar-refractivity contribution in [3.63, 3.8) is 0 Å². The van der Waals surface area contributed by atoms with Crippen molar-refractivity contribution < 1.29 is 9.59 Å².